The van der Waals surface area contributed by atoms with Crippen molar-refractivity contribution >= 4 is 5.97 Å². The van der Waals surface area contributed by atoms with Gasteiger partial charge in [-0.05, 0) is 110 Å². The lowest BCUT2D eigenvalue weighted by atomic mass is 9.47. The summed E-state index contributed by atoms with van der Waals surface area (Å²) >= 11 is 0. The Kier molecular flexibility index (Phi) is 14.8. The maximum absolute atomic E-state index is 12.8. The van der Waals surface area contributed by atoms with E-state index in [0.717, 1.165) is 48.9 Å². The first-order valence-corrected chi connectivity index (χ1v) is 20.7. The van der Waals surface area contributed by atoms with E-state index in [1.54, 1.807) is 5.57 Å². The highest BCUT2D eigenvalue weighted by Crippen LogP contribution is 2.67. The zero-order valence-corrected chi connectivity index (χ0v) is 31.7. The molecule has 4 aliphatic rings. The largest absolute Gasteiger partial charge is 0.462 e. The van der Waals surface area contributed by atoms with Gasteiger partial charge in [-0.25, -0.2) is 0 Å². The van der Waals surface area contributed by atoms with Gasteiger partial charge in [-0.3, -0.25) is 4.79 Å². The molecule has 3 saturated carbocycles. The Morgan fingerprint density at radius 3 is 2.11 bits per heavy atom. The number of ether oxygens (including phenoxy) is 1. The molecule has 0 aromatic heterocycles. The van der Waals surface area contributed by atoms with Crippen LogP contribution in [0.5, 0.6) is 0 Å². The second-order valence-corrected chi connectivity index (χ2v) is 17.5. The first kappa shape index (κ1) is 37.8. The Balaban J connectivity index is 1.20. The van der Waals surface area contributed by atoms with Crippen molar-refractivity contribution in [2.75, 3.05) is 0 Å². The zero-order chi connectivity index (χ0) is 33.2. The predicted molar refractivity (Wildman–Crippen MR) is 198 cm³/mol. The molecule has 0 heterocycles. The number of carbonyl (C=O) groups is 1. The Labute approximate surface area is 286 Å². The summed E-state index contributed by atoms with van der Waals surface area (Å²) in [5, 5.41) is 0. The van der Waals surface area contributed by atoms with Gasteiger partial charge in [-0.15, -0.1) is 0 Å². The topological polar surface area (TPSA) is 26.3 Å². The minimum atomic E-state index is 0.0576. The number of hydrogen-bond donors (Lipinski definition) is 0. The molecule has 0 amide bonds. The molecule has 0 bridgehead atoms. The van der Waals surface area contributed by atoms with Crippen molar-refractivity contribution in [1.29, 1.82) is 0 Å². The van der Waals surface area contributed by atoms with Gasteiger partial charge in [0.25, 0.3) is 0 Å². The molecule has 0 saturated heterocycles. The first-order chi connectivity index (χ1) is 22.1. The molecule has 0 aromatic rings. The summed E-state index contributed by atoms with van der Waals surface area (Å²) in [4.78, 5) is 12.8. The van der Waals surface area contributed by atoms with Crippen molar-refractivity contribution in [3.8, 4) is 0 Å². The lowest BCUT2D eigenvalue weighted by molar-refractivity contribution is -0.151. The number of carbonyl (C=O) groups excluding carboxylic acids is 1. The SMILES string of the molecule is CCCCCCCCCCCCCCC(=O)OC1CCC2(C)C(=CCC3C2CCC2(C)C(C(C)/C=C/C(CC)C(C)C)CCC32)C1. The molecule has 0 aromatic carbocycles. The molecule has 0 N–H and O–H groups in total. The average molecular weight is 637 g/mol. The Morgan fingerprint density at radius 1 is 0.826 bits per heavy atom. The number of esters is 1. The van der Waals surface area contributed by atoms with Gasteiger partial charge < -0.3 is 4.74 Å². The van der Waals surface area contributed by atoms with Crippen LogP contribution in [0.15, 0.2) is 23.8 Å². The lowest BCUT2D eigenvalue weighted by Gasteiger charge is -2.58. The monoisotopic (exact) mass is 637 g/mol. The summed E-state index contributed by atoms with van der Waals surface area (Å²) in [6, 6.07) is 0. The molecule has 4 aliphatic carbocycles. The molecule has 4 rings (SSSR count). The van der Waals surface area contributed by atoms with Crippen LogP contribution in [0.25, 0.3) is 0 Å². The van der Waals surface area contributed by atoms with Gasteiger partial charge in [0.1, 0.15) is 6.10 Å². The van der Waals surface area contributed by atoms with E-state index in [-0.39, 0.29) is 12.1 Å². The maximum atomic E-state index is 12.8. The van der Waals surface area contributed by atoms with Crippen molar-refractivity contribution in [2.24, 2.45) is 52.3 Å². The van der Waals surface area contributed by atoms with Crippen molar-refractivity contribution in [3.05, 3.63) is 23.8 Å². The van der Waals surface area contributed by atoms with Crippen LogP contribution in [0.1, 0.15) is 190 Å². The molecular formula is C44H76O2. The molecule has 9 unspecified atom stereocenters. The van der Waals surface area contributed by atoms with Crippen LogP contribution in [0, 0.1) is 52.3 Å². The molecule has 2 heteroatoms. The van der Waals surface area contributed by atoms with Gasteiger partial charge in [0.05, 0.1) is 0 Å². The van der Waals surface area contributed by atoms with E-state index in [0.29, 0.717) is 29.1 Å². The average Bonchev–Trinajstić information content (AvgIpc) is 3.39. The van der Waals surface area contributed by atoms with Crippen molar-refractivity contribution in [2.45, 2.75) is 196 Å². The molecule has 2 nitrogen and oxygen atoms in total. The smallest absolute Gasteiger partial charge is 0.306 e. The third-order valence-electron chi connectivity index (χ3n) is 14.3. The van der Waals surface area contributed by atoms with E-state index < -0.39 is 0 Å². The zero-order valence-electron chi connectivity index (χ0n) is 31.7. The second-order valence-electron chi connectivity index (χ2n) is 17.5. The van der Waals surface area contributed by atoms with E-state index in [2.05, 4.69) is 66.7 Å². The molecule has 0 radical (unpaired) electrons. The standard InChI is InChI=1S/C44H76O2/c1-8-10-11-12-13-14-15-16-17-18-19-20-21-42(45)46-37-28-30-43(6)36(32-37)24-25-38-40-27-26-39(44(40,7)31-29-41(38)43)34(5)22-23-35(9-2)33(3)4/h22-24,33-35,37-41H,8-21,25-32H2,1-7H3/b23-22+. The fourth-order valence-corrected chi connectivity index (χ4v) is 11.3. The highest BCUT2D eigenvalue weighted by Gasteiger charge is 2.59. The highest BCUT2D eigenvalue weighted by molar-refractivity contribution is 5.69. The fraction of sp³-hybridized carbons (Fsp3) is 0.886. The van der Waals surface area contributed by atoms with Gasteiger partial charge in [0.2, 0.25) is 0 Å². The number of allylic oxidation sites excluding steroid dienone is 3. The van der Waals surface area contributed by atoms with Crippen molar-refractivity contribution < 1.29 is 9.53 Å². The molecule has 46 heavy (non-hydrogen) atoms. The first-order valence-electron chi connectivity index (χ1n) is 20.7. The molecule has 0 aliphatic heterocycles. The van der Waals surface area contributed by atoms with Crippen molar-refractivity contribution in [3.63, 3.8) is 0 Å². The molecular weight excluding hydrogens is 560 g/mol. The number of fused-ring (bicyclic) bond motifs is 5. The molecule has 0 spiro atoms. The van der Waals surface area contributed by atoms with E-state index >= 15 is 0 Å². The van der Waals surface area contributed by atoms with Crippen LogP contribution < -0.4 is 0 Å². The Morgan fingerprint density at radius 2 is 1.48 bits per heavy atom. The van der Waals surface area contributed by atoms with Crippen molar-refractivity contribution in [1.82, 2.24) is 0 Å². The van der Waals surface area contributed by atoms with E-state index in [9.17, 15) is 4.79 Å². The van der Waals surface area contributed by atoms with Gasteiger partial charge in [0.15, 0.2) is 0 Å². The van der Waals surface area contributed by atoms with E-state index in [1.165, 1.54) is 116 Å². The highest BCUT2D eigenvalue weighted by atomic mass is 16.5. The summed E-state index contributed by atoms with van der Waals surface area (Å²) < 4.78 is 6.12. The van der Waals surface area contributed by atoms with Gasteiger partial charge in [-0.1, -0.05) is 143 Å². The molecule has 3 fully saturated rings. The number of rotatable bonds is 19. The van der Waals surface area contributed by atoms with Crippen LogP contribution in [-0.4, -0.2) is 12.1 Å². The molecule has 264 valence electrons. The van der Waals surface area contributed by atoms with Crippen LogP contribution in [0.4, 0.5) is 0 Å². The minimum absolute atomic E-state index is 0.0576. The van der Waals surface area contributed by atoms with Crippen LogP contribution in [0.3, 0.4) is 0 Å². The Hall–Kier alpha value is -1.05. The normalized spacial score (nSPS) is 33.7. The fourth-order valence-electron chi connectivity index (χ4n) is 11.3. The summed E-state index contributed by atoms with van der Waals surface area (Å²) in [6.45, 7) is 17.2. The maximum Gasteiger partial charge on any atom is 0.306 e. The summed E-state index contributed by atoms with van der Waals surface area (Å²) in [7, 11) is 0. The summed E-state index contributed by atoms with van der Waals surface area (Å²) in [5.74, 6) is 5.56. The lowest BCUT2D eigenvalue weighted by Crippen LogP contribution is -2.51. The summed E-state index contributed by atoms with van der Waals surface area (Å²) in [5.41, 5.74) is 2.45. The van der Waals surface area contributed by atoms with Crippen LogP contribution >= 0.6 is 0 Å². The van der Waals surface area contributed by atoms with Gasteiger partial charge in [-0.2, -0.15) is 0 Å². The van der Waals surface area contributed by atoms with Gasteiger partial charge in [0, 0.05) is 12.8 Å². The summed E-state index contributed by atoms with van der Waals surface area (Å²) in [6.07, 6.45) is 35.9. The van der Waals surface area contributed by atoms with E-state index in [1.807, 2.05) is 0 Å². The predicted octanol–water partition coefficient (Wildman–Crippen LogP) is 13.4. The number of hydrogen-bond acceptors (Lipinski definition) is 2. The number of unbranched alkanes of at least 4 members (excludes halogenated alkanes) is 11. The minimum Gasteiger partial charge on any atom is -0.462 e. The van der Waals surface area contributed by atoms with Gasteiger partial charge >= 0.3 is 5.97 Å². The van der Waals surface area contributed by atoms with Crippen LogP contribution in [-0.2, 0) is 9.53 Å². The second kappa shape index (κ2) is 18.1. The molecule has 9 atom stereocenters. The Bertz CT molecular complexity index is 976. The quantitative estimate of drug-likeness (QED) is 0.0801. The van der Waals surface area contributed by atoms with Crippen LogP contribution in [0.2, 0.25) is 0 Å². The third-order valence-corrected chi connectivity index (χ3v) is 14.3. The third kappa shape index (κ3) is 9.34. The van der Waals surface area contributed by atoms with E-state index in [4.69, 9.17) is 4.74 Å².